The van der Waals surface area contributed by atoms with Gasteiger partial charge < -0.3 is 9.47 Å². The molecule has 20 heavy (non-hydrogen) atoms. The van der Waals surface area contributed by atoms with E-state index >= 15 is 0 Å². The largest absolute Gasteiger partial charge is 0.514 e. The van der Waals surface area contributed by atoms with E-state index < -0.39 is 6.16 Å². The van der Waals surface area contributed by atoms with E-state index in [4.69, 9.17) is 9.47 Å². The van der Waals surface area contributed by atoms with E-state index in [-0.39, 0.29) is 6.61 Å². The number of rotatable bonds is 3. The Morgan fingerprint density at radius 3 is 2.30 bits per heavy atom. The molecule has 0 N–H and O–H groups in total. The van der Waals surface area contributed by atoms with Gasteiger partial charge in [0.2, 0.25) is 0 Å². The number of ether oxygens (including phenoxy) is 2. The second-order valence-electron chi connectivity index (χ2n) is 4.54. The van der Waals surface area contributed by atoms with Crippen LogP contribution in [0.25, 0.3) is 0 Å². The van der Waals surface area contributed by atoms with Crippen LogP contribution in [-0.4, -0.2) is 6.16 Å². The Labute approximate surface area is 123 Å². The molecule has 2 rings (SSSR count). The average Bonchev–Trinajstić information content (AvgIpc) is 2.42. The Balaban J connectivity index is 1.98. The number of carbonyl (C=O) groups excluding carboxylic acids is 1. The zero-order valence-electron chi connectivity index (χ0n) is 11.4. The van der Waals surface area contributed by atoms with Crippen molar-refractivity contribution in [2.45, 2.75) is 25.3 Å². The lowest BCUT2D eigenvalue weighted by Gasteiger charge is -2.11. The molecule has 0 radical (unpaired) electrons. The quantitative estimate of drug-likeness (QED) is 0.519. The molecule has 0 unspecified atom stereocenters. The lowest BCUT2D eigenvalue weighted by atomic mass is 10.1. The SMILES string of the molecule is Cc1cc(S)cc(C)c1OC(=O)OCc1ccccc1. The van der Waals surface area contributed by atoms with Gasteiger partial charge in [-0.3, -0.25) is 0 Å². The van der Waals surface area contributed by atoms with Gasteiger partial charge in [-0.1, -0.05) is 30.3 Å². The zero-order chi connectivity index (χ0) is 14.5. The number of carbonyl (C=O) groups is 1. The summed E-state index contributed by atoms with van der Waals surface area (Å²) in [6.07, 6.45) is -0.702. The first kappa shape index (κ1) is 14.5. The van der Waals surface area contributed by atoms with Gasteiger partial charge in [-0.15, -0.1) is 12.6 Å². The number of benzene rings is 2. The molecule has 104 valence electrons. The van der Waals surface area contributed by atoms with Crippen LogP contribution in [0.5, 0.6) is 5.75 Å². The molecule has 0 atom stereocenters. The summed E-state index contributed by atoms with van der Waals surface area (Å²) in [4.78, 5) is 12.5. The highest BCUT2D eigenvalue weighted by molar-refractivity contribution is 7.80. The molecule has 0 heterocycles. The molecular formula is C16H16O3S. The first-order valence-corrected chi connectivity index (χ1v) is 6.69. The summed E-state index contributed by atoms with van der Waals surface area (Å²) in [6.45, 7) is 3.93. The normalized spacial score (nSPS) is 10.2. The predicted molar refractivity (Wildman–Crippen MR) is 80.4 cm³/mol. The zero-order valence-corrected chi connectivity index (χ0v) is 12.3. The van der Waals surface area contributed by atoms with Gasteiger partial charge in [-0.05, 0) is 42.7 Å². The number of thiol groups is 1. The van der Waals surface area contributed by atoms with E-state index in [2.05, 4.69) is 12.6 Å². The first-order chi connectivity index (χ1) is 9.56. The van der Waals surface area contributed by atoms with Crippen molar-refractivity contribution in [1.29, 1.82) is 0 Å². The molecule has 2 aromatic carbocycles. The summed E-state index contributed by atoms with van der Waals surface area (Å²) >= 11 is 4.28. The molecule has 2 aromatic rings. The number of hydrogen-bond donors (Lipinski definition) is 1. The van der Waals surface area contributed by atoms with Crippen LogP contribution in [0, 0.1) is 13.8 Å². The van der Waals surface area contributed by atoms with Crippen molar-refractivity contribution >= 4 is 18.8 Å². The van der Waals surface area contributed by atoms with Crippen LogP contribution in [-0.2, 0) is 11.3 Å². The van der Waals surface area contributed by atoms with Crippen molar-refractivity contribution in [3.05, 3.63) is 59.2 Å². The topological polar surface area (TPSA) is 35.5 Å². The summed E-state index contributed by atoms with van der Waals surface area (Å²) in [5.74, 6) is 0.529. The van der Waals surface area contributed by atoms with Gasteiger partial charge in [0.25, 0.3) is 0 Å². The van der Waals surface area contributed by atoms with Crippen LogP contribution >= 0.6 is 12.6 Å². The van der Waals surface area contributed by atoms with Crippen molar-refractivity contribution in [2.75, 3.05) is 0 Å². The van der Waals surface area contributed by atoms with Gasteiger partial charge in [-0.2, -0.15) is 0 Å². The van der Waals surface area contributed by atoms with E-state index in [1.54, 1.807) is 0 Å². The highest BCUT2D eigenvalue weighted by atomic mass is 32.1. The predicted octanol–water partition coefficient (Wildman–Crippen LogP) is 4.31. The van der Waals surface area contributed by atoms with Gasteiger partial charge in [0.15, 0.2) is 0 Å². The van der Waals surface area contributed by atoms with Gasteiger partial charge >= 0.3 is 6.16 Å². The van der Waals surface area contributed by atoms with Crippen molar-refractivity contribution in [3.8, 4) is 5.75 Å². The van der Waals surface area contributed by atoms with Gasteiger partial charge in [0, 0.05) is 4.90 Å². The fraction of sp³-hybridized carbons (Fsp3) is 0.188. The molecule has 0 bridgehead atoms. The molecule has 0 spiro atoms. The van der Waals surface area contributed by atoms with Gasteiger partial charge in [-0.25, -0.2) is 4.79 Å². The highest BCUT2D eigenvalue weighted by Crippen LogP contribution is 2.26. The standard InChI is InChI=1S/C16H16O3S/c1-11-8-14(20)9-12(2)15(11)19-16(17)18-10-13-6-4-3-5-7-13/h3-9,20H,10H2,1-2H3. The van der Waals surface area contributed by atoms with E-state index in [9.17, 15) is 4.79 Å². The molecule has 0 saturated carbocycles. The molecule has 3 nitrogen and oxygen atoms in total. The minimum atomic E-state index is -0.702. The molecule has 0 fully saturated rings. The monoisotopic (exact) mass is 288 g/mol. The fourth-order valence-electron chi connectivity index (χ4n) is 1.92. The van der Waals surface area contributed by atoms with Crippen LogP contribution in [0.1, 0.15) is 16.7 Å². The third kappa shape index (κ3) is 3.78. The second kappa shape index (κ2) is 6.48. The molecule has 0 saturated heterocycles. The van der Waals surface area contributed by atoms with E-state index in [0.29, 0.717) is 5.75 Å². The maximum atomic E-state index is 11.7. The molecule has 0 aliphatic heterocycles. The van der Waals surface area contributed by atoms with E-state index in [0.717, 1.165) is 21.6 Å². The van der Waals surface area contributed by atoms with Gasteiger partial charge in [0.05, 0.1) is 0 Å². The third-order valence-electron chi connectivity index (χ3n) is 2.83. The Bertz CT molecular complexity index is 585. The van der Waals surface area contributed by atoms with Crippen molar-refractivity contribution < 1.29 is 14.3 Å². The average molecular weight is 288 g/mol. The lowest BCUT2D eigenvalue weighted by molar-refractivity contribution is 0.0922. The first-order valence-electron chi connectivity index (χ1n) is 6.25. The number of hydrogen-bond acceptors (Lipinski definition) is 4. The molecule has 0 aliphatic rings. The van der Waals surface area contributed by atoms with Crippen molar-refractivity contribution in [2.24, 2.45) is 0 Å². The maximum absolute atomic E-state index is 11.7. The van der Waals surface area contributed by atoms with Crippen molar-refractivity contribution in [1.82, 2.24) is 0 Å². The minimum absolute atomic E-state index is 0.197. The smallest absolute Gasteiger partial charge is 0.429 e. The Hall–Kier alpha value is -1.94. The van der Waals surface area contributed by atoms with Crippen LogP contribution in [0.3, 0.4) is 0 Å². The second-order valence-corrected chi connectivity index (χ2v) is 5.05. The van der Waals surface area contributed by atoms with Crippen LogP contribution in [0.2, 0.25) is 0 Å². The fourth-order valence-corrected chi connectivity index (χ4v) is 2.30. The highest BCUT2D eigenvalue weighted by Gasteiger charge is 2.12. The third-order valence-corrected chi connectivity index (χ3v) is 3.09. The Morgan fingerprint density at radius 1 is 1.10 bits per heavy atom. The van der Waals surface area contributed by atoms with Crippen LogP contribution in [0.15, 0.2) is 47.4 Å². The minimum Gasteiger partial charge on any atom is -0.429 e. The summed E-state index contributed by atoms with van der Waals surface area (Å²) in [7, 11) is 0. The van der Waals surface area contributed by atoms with E-state index in [1.807, 2.05) is 56.3 Å². The van der Waals surface area contributed by atoms with Crippen molar-refractivity contribution in [3.63, 3.8) is 0 Å². The Morgan fingerprint density at radius 2 is 1.70 bits per heavy atom. The molecule has 0 aromatic heterocycles. The molecule has 0 amide bonds. The summed E-state index contributed by atoms with van der Waals surface area (Å²) in [6, 6.07) is 13.2. The maximum Gasteiger partial charge on any atom is 0.514 e. The van der Waals surface area contributed by atoms with E-state index in [1.165, 1.54) is 0 Å². The van der Waals surface area contributed by atoms with Crippen LogP contribution in [0.4, 0.5) is 4.79 Å². The lowest BCUT2D eigenvalue weighted by Crippen LogP contribution is -2.12. The summed E-state index contributed by atoms with van der Waals surface area (Å²) in [5, 5.41) is 0. The van der Waals surface area contributed by atoms with Gasteiger partial charge in [0.1, 0.15) is 12.4 Å². The Kier molecular flexibility index (Phi) is 4.69. The summed E-state index contributed by atoms with van der Waals surface area (Å²) < 4.78 is 10.3. The molecule has 0 aliphatic carbocycles. The van der Waals surface area contributed by atoms with Crippen LogP contribution < -0.4 is 4.74 Å². The molecule has 4 heteroatoms. The summed E-state index contributed by atoms with van der Waals surface area (Å²) in [5.41, 5.74) is 2.63. The molecular weight excluding hydrogens is 272 g/mol. The number of aryl methyl sites for hydroxylation is 2.